The maximum absolute atomic E-state index is 13.2. The number of rotatable bonds is 8. The van der Waals surface area contributed by atoms with Crippen molar-refractivity contribution in [3.8, 4) is 17.2 Å². The predicted octanol–water partition coefficient (Wildman–Crippen LogP) is 4.51. The summed E-state index contributed by atoms with van der Waals surface area (Å²) in [5.41, 5.74) is 0.730. The van der Waals surface area contributed by atoms with Crippen LogP contribution in [0.3, 0.4) is 0 Å². The van der Waals surface area contributed by atoms with Gasteiger partial charge in [-0.2, -0.15) is 0 Å². The Balaban J connectivity index is 1.61. The van der Waals surface area contributed by atoms with Gasteiger partial charge in [-0.05, 0) is 53.6 Å². The molecule has 0 radical (unpaired) electrons. The minimum Gasteiger partial charge on any atom is -0.497 e. The van der Waals surface area contributed by atoms with Gasteiger partial charge in [0.15, 0.2) is 11.5 Å². The second kappa shape index (κ2) is 11.0. The molecule has 12 heteroatoms. The summed E-state index contributed by atoms with van der Waals surface area (Å²) in [5.74, 6) is -0.810. The number of barbiturate groups is 1. The standard InChI is InChI=1S/C26H20ClN3O8/c1-36-19-8-6-17(7-9-19)29-25(32)20(24(31)28-26(29)33)11-16-12-21(27)23(22(13-16)37-2)38-14-15-4-3-5-18(10-15)30(34)35/h3-13H,14H2,1-2H3,(H,28,31,33)/b20-11+. The SMILES string of the molecule is COc1ccc(N2C(=O)NC(=O)/C(=C\c3cc(Cl)c(OCc4cccc([N+](=O)[O-])c4)c(OC)c3)C2=O)cc1. The molecule has 38 heavy (non-hydrogen) atoms. The predicted molar refractivity (Wildman–Crippen MR) is 137 cm³/mol. The number of benzene rings is 3. The fourth-order valence-corrected chi connectivity index (χ4v) is 3.94. The van der Waals surface area contributed by atoms with E-state index in [1.54, 1.807) is 18.2 Å². The normalized spacial score (nSPS) is 14.3. The first-order valence-corrected chi connectivity index (χ1v) is 11.4. The van der Waals surface area contributed by atoms with E-state index in [2.05, 4.69) is 5.32 Å². The second-order valence-electron chi connectivity index (χ2n) is 7.91. The Bertz CT molecular complexity index is 1470. The van der Waals surface area contributed by atoms with E-state index >= 15 is 0 Å². The van der Waals surface area contributed by atoms with E-state index in [0.717, 1.165) is 4.90 Å². The highest BCUT2D eigenvalue weighted by molar-refractivity contribution is 6.39. The number of carbonyl (C=O) groups is 3. The Morgan fingerprint density at radius 2 is 1.76 bits per heavy atom. The van der Waals surface area contributed by atoms with Gasteiger partial charge in [0, 0.05) is 12.1 Å². The Morgan fingerprint density at radius 1 is 1.03 bits per heavy atom. The average molecular weight is 538 g/mol. The molecule has 4 amide bonds. The van der Waals surface area contributed by atoms with Crippen molar-refractivity contribution in [1.29, 1.82) is 0 Å². The molecule has 11 nitrogen and oxygen atoms in total. The van der Waals surface area contributed by atoms with E-state index in [-0.39, 0.29) is 40.1 Å². The summed E-state index contributed by atoms with van der Waals surface area (Å²) >= 11 is 6.42. The van der Waals surface area contributed by atoms with Crippen molar-refractivity contribution >= 4 is 46.9 Å². The largest absolute Gasteiger partial charge is 0.497 e. The number of carbonyl (C=O) groups excluding carboxylic acids is 3. The highest BCUT2D eigenvalue weighted by atomic mass is 35.5. The van der Waals surface area contributed by atoms with E-state index in [4.69, 9.17) is 25.8 Å². The molecule has 0 aromatic heterocycles. The monoisotopic (exact) mass is 537 g/mol. The van der Waals surface area contributed by atoms with Crippen LogP contribution in [0.25, 0.3) is 6.08 Å². The van der Waals surface area contributed by atoms with Crippen LogP contribution in [0, 0.1) is 10.1 Å². The topological polar surface area (TPSA) is 137 Å². The van der Waals surface area contributed by atoms with Crippen LogP contribution in [0.1, 0.15) is 11.1 Å². The van der Waals surface area contributed by atoms with Gasteiger partial charge in [0.05, 0.1) is 29.9 Å². The van der Waals surface area contributed by atoms with Gasteiger partial charge in [-0.15, -0.1) is 0 Å². The zero-order valence-corrected chi connectivity index (χ0v) is 20.9. The van der Waals surface area contributed by atoms with Crippen LogP contribution in [0.2, 0.25) is 5.02 Å². The first-order chi connectivity index (χ1) is 18.2. The fourth-order valence-electron chi connectivity index (χ4n) is 3.67. The van der Waals surface area contributed by atoms with Crippen LogP contribution >= 0.6 is 11.6 Å². The first-order valence-electron chi connectivity index (χ1n) is 11.0. The molecule has 0 saturated carbocycles. The van der Waals surface area contributed by atoms with E-state index in [1.165, 1.54) is 62.8 Å². The number of nitro groups is 1. The summed E-state index contributed by atoms with van der Waals surface area (Å²) in [6.07, 6.45) is 1.28. The molecule has 1 aliphatic rings. The number of nitrogens with zero attached hydrogens (tertiary/aromatic N) is 2. The number of nitro benzene ring substituents is 1. The van der Waals surface area contributed by atoms with Crippen molar-refractivity contribution in [2.75, 3.05) is 19.1 Å². The number of ether oxygens (including phenoxy) is 3. The maximum atomic E-state index is 13.2. The molecule has 1 heterocycles. The van der Waals surface area contributed by atoms with Gasteiger partial charge in [0.25, 0.3) is 17.5 Å². The van der Waals surface area contributed by atoms with Gasteiger partial charge in [0.1, 0.15) is 17.9 Å². The molecule has 1 aliphatic heterocycles. The van der Waals surface area contributed by atoms with Gasteiger partial charge < -0.3 is 14.2 Å². The molecule has 3 aromatic rings. The van der Waals surface area contributed by atoms with Crippen molar-refractivity contribution in [1.82, 2.24) is 5.32 Å². The maximum Gasteiger partial charge on any atom is 0.335 e. The number of hydrogen-bond acceptors (Lipinski definition) is 8. The van der Waals surface area contributed by atoms with Crippen molar-refractivity contribution in [3.63, 3.8) is 0 Å². The lowest BCUT2D eigenvalue weighted by Gasteiger charge is -2.26. The summed E-state index contributed by atoms with van der Waals surface area (Å²) in [4.78, 5) is 49.5. The van der Waals surface area contributed by atoms with E-state index in [1.807, 2.05) is 0 Å². The number of nitrogens with one attached hydrogen (secondary N) is 1. The smallest absolute Gasteiger partial charge is 0.335 e. The number of anilines is 1. The van der Waals surface area contributed by atoms with Crippen molar-refractivity contribution in [2.45, 2.75) is 6.61 Å². The Labute approximate surface area is 221 Å². The minimum atomic E-state index is -0.886. The average Bonchev–Trinajstić information content (AvgIpc) is 2.90. The number of non-ortho nitro benzene ring substituents is 1. The third-order valence-corrected chi connectivity index (χ3v) is 5.78. The van der Waals surface area contributed by atoms with Gasteiger partial charge in [-0.3, -0.25) is 25.0 Å². The van der Waals surface area contributed by atoms with Gasteiger partial charge >= 0.3 is 6.03 Å². The van der Waals surface area contributed by atoms with Gasteiger partial charge in [-0.1, -0.05) is 23.7 Å². The van der Waals surface area contributed by atoms with E-state index in [9.17, 15) is 24.5 Å². The summed E-state index contributed by atoms with van der Waals surface area (Å²) in [7, 11) is 2.86. The Hall–Kier alpha value is -4.90. The lowest BCUT2D eigenvalue weighted by atomic mass is 10.1. The van der Waals surface area contributed by atoms with E-state index in [0.29, 0.717) is 16.9 Å². The van der Waals surface area contributed by atoms with Crippen LogP contribution in [0.5, 0.6) is 17.2 Å². The van der Waals surface area contributed by atoms with Crippen LogP contribution in [0.15, 0.2) is 66.2 Å². The van der Waals surface area contributed by atoms with Crippen LogP contribution in [0.4, 0.5) is 16.2 Å². The third-order valence-electron chi connectivity index (χ3n) is 5.50. The highest BCUT2D eigenvalue weighted by Gasteiger charge is 2.37. The van der Waals surface area contributed by atoms with Crippen molar-refractivity contribution < 1.29 is 33.5 Å². The molecule has 0 aliphatic carbocycles. The Morgan fingerprint density at radius 3 is 2.42 bits per heavy atom. The Kier molecular flexibility index (Phi) is 7.58. The minimum absolute atomic E-state index is 0.0297. The number of hydrogen-bond donors (Lipinski definition) is 1. The first kappa shape index (κ1) is 26.2. The second-order valence-corrected chi connectivity index (χ2v) is 8.31. The number of methoxy groups -OCH3 is 2. The number of urea groups is 1. The molecule has 0 atom stereocenters. The summed E-state index contributed by atoms with van der Waals surface area (Å²) in [6, 6.07) is 14.2. The molecule has 0 bridgehead atoms. The number of imide groups is 2. The van der Waals surface area contributed by atoms with Gasteiger partial charge in [-0.25, -0.2) is 9.69 Å². The molecule has 3 aromatic carbocycles. The zero-order valence-electron chi connectivity index (χ0n) is 20.1. The van der Waals surface area contributed by atoms with E-state index < -0.39 is 22.8 Å². The van der Waals surface area contributed by atoms with Crippen molar-refractivity contribution in [3.05, 3.63) is 92.5 Å². The van der Waals surface area contributed by atoms with Gasteiger partial charge in [0.2, 0.25) is 0 Å². The summed E-state index contributed by atoms with van der Waals surface area (Å²) in [5, 5.41) is 13.3. The van der Waals surface area contributed by atoms with Crippen LogP contribution in [-0.4, -0.2) is 37.0 Å². The summed E-state index contributed by atoms with van der Waals surface area (Å²) in [6.45, 7) is -0.0297. The number of amides is 4. The summed E-state index contributed by atoms with van der Waals surface area (Å²) < 4.78 is 16.2. The van der Waals surface area contributed by atoms with Crippen molar-refractivity contribution in [2.24, 2.45) is 0 Å². The highest BCUT2D eigenvalue weighted by Crippen LogP contribution is 2.38. The molecule has 0 unspecified atom stereocenters. The zero-order chi connectivity index (χ0) is 27.4. The molecule has 4 rings (SSSR count). The number of halogens is 1. The molecule has 194 valence electrons. The molecular formula is C26H20ClN3O8. The quantitative estimate of drug-likeness (QED) is 0.192. The lowest BCUT2D eigenvalue weighted by Crippen LogP contribution is -2.54. The lowest BCUT2D eigenvalue weighted by molar-refractivity contribution is -0.384. The molecule has 1 saturated heterocycles. The molecule has 1 N–H and O–H groups in total. The van der Waals surface area contributed by atoms with Crippen LogP contribution < -0.4 is 24.4 Å². The molecule has 1 fully saturated rings. The third kappa shape index (κ3) is 5.42. The molecule has 0 spiro atoms. The van der Waals surface area contributed by atoms with Crippen LogP contribution in [-0.2, 0) is 16.2 Å². The fraction of sp³-hybridized carbons (Fsp3) is 0.115. The molecular weight excluding hydrogens is 518 g/mol.